The van der Waals surface area contributed by atoms with Gasteiger partial charge in [-0.15, -0.1) is 0 Å². The fraction of sp³-hybridized carbons (Fsp3) is 0.385. The number of piperidine rings is 1. The maximum Gasteiger partial charge on any atom is 0.322 e. The van der Waals surface area contributed by atoms with Crippen molar-refractivity contribution >= 4 is 17.8 Å². The molecule has 3 heterocycles. The highest BCUT2D eigenvalue weighted by atomic mass is 19.1. The number of hydrogen-bond donors (Lipinski definition) is 2. The average Bonchev–Trinajstić information content (AvgIpc) is 2.74. The molecular weight excluding hydrogens is 279 g/mol. The van der Waals surface area contributed by atoms with Crippen molar-refractivity contribution in [2.45, 2.75) is 18.4 Å². The molecule has 2 aliphatic rings. The van der Waals surface area contributed by atoms with Crippen LogP contribution in [0.5, 0.6) is 0 Å². The minimum Gasteiger partial charge on any atom is -0.338 e. The van der Waals surface area contributed by atoms with Gasteiger partial charge < -0.3 is 10.2 Å². The highest BCUT2D eigenvalue weighted by molar-refractivity contribution is 6.07. The van der Waals surface area contributed by atoms with Gasteiger partial charge >= 0.3 is 6.03 Å². The molecule has 0 atom stereocenters. The maximum atomic E-state index is 12.8. The molecule has 0 aliphatic carbocycles. The van der Waals surface area contributed by atoms with E-state index in [4.69, 9.17) is 0 Å². The molecule has 2 saturated heterocycles. The SMILES string of the molecule is O=C1NC(=O)C2(CCN(C(=O)c3ccc(F)nc3)CC2)N1. The van der Waals surface area contributed by atoms with Crippen molar-refractivity contribution in [3.05, 3.63) is 29.8 Å². The van der Waals surface area contributed by atoms with E-state index in [-0.39, 0.29) is 11.8 Å². The predicted octanol–water partition coefficient (Wildman–Crippen LogP) is 0.0349. The van der Waals surface area contributed by atoms with Crippen LogP contribution in [-0.2, 0) is 4.79 Å². The summed E-state index contributed by atoms with van der Waals surface area (Å²) in [6.07, 6.45) is 1.89. The Kier molecular flexibility index (Phi) is 3.08. The molecule has 1 aromatic heterocycles. The van der Waals surface area contributed by atoms with Gasteiger partial charge in [0.2, 0.25) is 5.95 Å². The minimum absolute atomic E-state index is 0.262. The molecule has 2 N–H and O–H groups in total. The first-order chi connectivity index (χ1) is 10.00. The molecular formula is C13H13FN4O3. The van der Waals surface area contributed by atoms with Gasteiger partial charge in [0, 0.05) is 19.3 Å². The molecule has 0 saturated carbocycles. The number of nitrogens with zero attached hydrogens (tertiary/aromatic N) is 2. The van der Waals surface area contributed by atoms with Crippen molar-refractivity contribution in [2.24, 2.45) is 0 Å². The Morgan fingerprint density at radius 2 is 2.00 bits per heavy atom. The number of hydrogen-bond acceptors (Lipinski definition) is 4. The lowest BCUT2D eigenvalue weighted by atomic mass is 9.87. The Labute approximate surface area is 119 Å². The number of carbonyl (C=O) groups excluding carboxylic acids is 3. The minimum atomic E-state index is -0.908. The molecule has 3 rings (SSSR count). The third-order valence-corrected chi connectivity index (χ3v) is 3.89. The number of pyridine rings is 1. The van der Waals surface area contributed by atoms with E-state index in [0.717, 1.165) is 6.07 Å². The summed E-state index contributed by atoms with van der Waals surface area (Å²) in [5.74, 6) is -1.25. The zero-order valence-corrected chi connectivity index (χ0v) is 11.1. The van der Waals surface area contributed by atoms with Gasteiger partial charge in [-0.1, -0.05) is 0 Å². The first kappa shape index (κ1) is 13.5. The third kappa shape index (κ3) is 2.32. The van der Waals surface area contributed by atoms with Crippen LogP contribution in [0.1, 0.15) is 23.2 Å². The lowest BCUT2D eigenvalue weighted by molar-refractivity contribution is -0.125. The van der Waals surface area contributed by atoms with Gasteiger partial charge in [0.05, 0.1) is 5.56 Å². The van der Waals surface area contributed by atoms with Gasteiger partial charge in [-0.05, 0) is 25.0 Å². The molecule has 0 aromatic carbocycles. The second-order valence-electron chi connectivity index (χ2n) is 5.15. The van der Waals surface area contributed by atoms with E-state index in [9.17, 15) is 18.8 Å². The van der Waals surface area contributed by atoms with E-state index in [1.54, 1.807) is 4.90 Å². The number of halogens is 1. The van der Waals surface area contributed by atoms with Gasteiger partial charge in [-0.2, -0.15) is 4.39 Å². The summed E-state index contributed by atoms with van der Waals surface area (Å²) in [6.45, 7) is 0.674. The lowest BCUT2D eigenvalue weighted by Gasteiger charge is -2.36. The normalized spacial score (nSPS) is 20.3. The Morgan fingerprint density at radius 1 is 1.29 bits per heavy atom. The number of urea groups is 1. The van der Waals surface area contributed by atoms with E-state index in [1.807, 2.05) is 0 Å². The zero-order valence-electron chi connectivity index (χ0n) is 11.1. The van der Waals surface area contributed by atoms with E-state index in [0.29, 0.717) is 31.5 Å². The van der Waals surface area contributed by atoms with E-state index in [1.165, 1.54) is 12.3 Å². The molecule has 2 fully saturated rings. The van der Waals surface area contributed by atoms with Crippen LogP contribution in [0.3, 0.4) is 0 Å². The molecule has 0 radical (unpaired) electrons. The van der Waals surface area contributed by atoms with Gasteiger partial charge in [0.15, 0.2) is 0 Å². The Balaban J connectivity index is 1.68. The van der Waals surface area contributed by atoms with Crippen molar-refractivity contribution in [2.75, 3.05) is 13.1 Å². The summed E-state index contributed by atoms with van der Waals surface area (Å²) in [4.78, 5) is 40.3. The van der Waals surface area contributed by atoms with Crippen LogP contribution in [0.25, 0.3) is 0 Å². The smallest absolute Gasteiger partial charge is 0.322 e. The van der Waals surface area contributed by atoms with E-state index < -0.39 is 17.5 Å². The molecule has 7 nitrogen and oxygen atoms in total. The van der Waals surface area contributed by atoms with Crippen LogP contribution >= 0.6 is 0 Å². The van der Waals surface area contributed by atoms with Crippen LogP contribution in [0.4, 0.5) is 9.18 Å². The second kappa shape index (κ2) is 4.80. The quantitative estimate of drug-likeness (QED) is 0.564. The predicted molar refractivity (Wildman–Crippen MR) is 68.7 cm³/mol. The molecule has 1 aromatic rings. The summed E-state index contributed by atoms with van der Waals surface area (Å²) < 4.78 is 12.8. The third-order valence-electron chi connectivity index (χ3n) is 3.89. The van der Waals surface area contributed by atoms with Crippen molar-refractivity contribution in [1.29, 1.82) is 0 Å². The van der Waals surface area contributed by atoms with Crippen molar-refractivity contribution in [3.8, 4) is 0 Å². The number of nitrogens with one attached hydrogen (secondary N) is 2. The van der Waals surface area contributed by atoms with Crippen LogP contribution in [0.2, 0.25) is 0 Å². The zero-order chi connectivity index (χ0) is 15.0. The Morgan fingerprint density at radius 3 is 2.52 bits per heavy atom. The molecule has 110 valence electrons. The van der Waals surface area contributed by atoms with E-state index >= 15 is 0 Å². The fourth-order valence-corrected chi connectivity index (χ4v) is 2.66. The number of amides is 4. The van der Waals surface area contributed by atoms with Crippen LogP contribution in [-0.4, -0.2) is 46.4 Å². The number of imide groups is 1. The van der Waals surface area contributed by atoms with Crippen LogP contribution < -0.4 is 10.6 Å². The average molecular weight is 292 g/mol. The van der Waals surface area contributed by atoms with Crippen molar-refractivity contribution in [1.82, 2.24) is 20.5 Å². The van der Waals surface area contributed by atoms with Gasteiger partial charge in [0.1, 0.15) is 5.54 Å². The summed E-state index contributed by atoms with van der Waals surface area (Å²) in [7, 11) is 0. The molecule has 0 unspecified atom stereocenters. The number of rotatable bonds is 1. The van der Waals surface area contributed by atoms with Gasteiger partial charge in [-0.25, -0.2) is 9.78 Å². The first-order valence-corrected chi connectivity index (χ1v) is 6.55. The summed E-state index contributed by atoms with van der Waals surface area (Å²) in [6, 6.07) is 2.00. The van der Waals surface area contributed by atoms with Crippen molar-refractivity contribution < 1.29 is 18.8 Å². The summed E-state index contributed by atoms with van der Waals surface area (Å²) in [5.41, 5.74) is -0.609. The van der Waals surface area contributed by atoms with Crippen LogP contribution in [0.15, 0.2) is 18.3 Å². The van der Waals surface area contributed by atoms with Gasteiger partial charge in [0.25, 0.3) is 11.8 Å². The topological polar surface area (TPSA) is 91.4 Å². The molecule has 1 spiro atoms. The highest BCUT2D eigenvalue weighted by Gasteiger charge is 2.48. The standard InChI is InChI=1S/C13H13FN4O3/c14-9-2-1-8(7-15-9)10(19)18-5-3-13(4-6-18)11(20)16-12(21)17-13/h1-2,7H,3-6H2,(H2,16,17,20,21). The molecule has 2 aliphatic heterocycles. The number of carbonyl (C=O) groups is 3. The summed E-state index contributed by atoms with van der Waals surface area (Å²) in [5, 5.41) is 4.84. The first-order valence-electron chi connectivity index (χ1n) is 6.55. The monoisotopic (exact) mass is 292 g/mol. The van der Waals surface area contributed by atoms with E-state index in [2.05, 4.69) is 15.6 Å². The Hall–Kier alpha value is -2.51. The molecule has 0 bridgehead atoms. The number of likely N-dealkylation sites (tertiary alicyclic amines) is 1. The number of aromatic nitrogens is 1. The highest BCUT2D eigenvalue weighted by Crippen LogP contribution is 2.26. The largest absolute Gasteiger partial charge is 0.338 e. The molecule has 21 heavy (non-hydrogen) atoms. The molecule has 4 amide bonds. The van der Waals surface area contributed by atoms with Crippen LogP contribution in [0, 0.1) is 5.95 Å². The second-order valence-corrected chi connectivity index (χ2v) is 5.15. The van der Waals surface area contributed by atoms with Gasteiger partial charge in [-0.3, -0.25) is 14.9 Å². The Bertz CT molecular complexity index is 608. The fourth-order valence-electron chi connectivity index (χ4n) is 2.66. The molecule has 8 heteroatoms. The van der Waals surface area contributed by atoms with Crippen molar-refractivity contribution in [3.63, 3.8) is 0 Å². The lowest BCUT2D eigenvalue weighted by Crippen LogP contribution is -2.55. The maximum absolute atomic E-state index is 12.8. The summed E-state index contributed by atoms with van der Waals surface area (Å²) >= 11 is 0.